The molecule has 1 aromatic rings. The first kappa shape index (κ1) is 11.1. The van der Waals surface area contributed by atoms with E-state index in [1.54, 1.807) is 0 Å². The van der Waals surface area contributed by atoms with Crippen molar-refractivity contribution in [2.75, 3.05) is 0 Å². The Balaban J connectivity index is 3.44. The number of nitro groups is 1. The van der Waals surface area contributed by atoms with Crippen molar-refractivity contribution in [2.24, 2.45) is 0 Å². The van der Waals surface area contributed by atoms with Crippen molar-refractivity contribution in [3.8, 4) is 0 Å². The summed E-state index contributed by atoms with van der Waals surface area (Å²) in [6, 6.07) is 1.88. The third kappa shape index (κ3) is 2.10. The van der Waals surface area contributed by atoms with Gasteiger partial charge in [0.25, 0.3) is 12.1 Å². The standard InChI is InChI=1S/C7H3Cl2F2NO2/c8-3-1-4(7(10)11)6(12(13)14)5(9)2-3/h1-2,7H. The molecule has 7 heteroatoms. The first-order chi connectivity index (χ1) is 6.43. The maximum absolute atomic E-state index is 12.3. The lowest BCUT2D eigenvalue weighted by Crippen LogP contribution is -1.97. The summed E-state index contributed by atoms with van der Waals surface area (Å²) in [7, 11) is 0. The van der Waals surface area contributed by atoms with Gasteiger partial charge in [0.15, 0.2) is 0 Å². The molecule has 0 saturated heterocycles. The minimum Gasteiger partial charge on any atom is -0.258 e. The number of hydrogen-bond acceptors (Lipinski definition) is 2. The van der Waals surface area contributed by atoms with Crippen molar-refractivity contribution in [3.05, 3.63) is 37.9 Å². The SMILES string of the molecule is O=[N+]([O-])c1c(Cl)cc(Cl)cc1C(F)F. The van der Waals surface area contributed by atoms with E-state index < -0.39 is 27.6 Å². The minimum absolute atomic E-state index is 0.0594. The molecule has 0 aliphatic carbocycles. The number of benzene rings is 1. The summed E-state index contributed by atoms with van der Waals surface area (Å²) in [4.78, 5) is 9.44. The molecule has 0 spiro atoms. The lowest BCUT2D eigenvalue weighted by molar-refractivity contribution is -0.386. The lowest BCUT2D eigenvalue weighted by atomic mass is 10.2. The van der Waals surface area contributed by atoms with Crippen LogP contribution in [0.3, 0.4) is 0 Å². The van der Waals surface area contributed by atoms with Crippen LogP contribution in [-0.2, 0) is 0 Å². The second-order valence-electron chi connectivity index (χ2n) is 2.38. The average molecular weight is 242 g/mol. The number of alkyl halides is 2. The van der Waals surface area contributed by atoms with Gasteiger partial charge in [0.2, 0.25) is 0 Å². The molecule has 0 unspecified atom stereocenters. The quantitative estimate of drug-likeness (QED) is 0.584. The molecule has 0 aliphatic heterocycles. The van der Waals surface area contributed by atoms with Crippen molar-refractivity contribution < 1.29 is 13.7 Å². The Bertz CT molecular complexity index is 384. The van der Waals surface area contributed by atoms with Crippen LogP contribution in [0.4, 0.5) is 14.5 Å². The third-order valence-electron chi connectivity index (χ3n) is 1.48. The Kier molecular flexibility index (Phi) is 3.23. The molecule has 1 rings (SSSR count). The molecule has 0 aliphatic rings. The van der Waals surface area contributed by atoms with E-state index in [4.69, 9.17) is 23.2 Å². The Morgan fingerprint density at radius 3 is 2.36 bits per heavy atom. The molecule has 3 nitrogen and oxygen atoms in total. The number of rotatable bonds is 2. The van der Waals surface area contributed by atoms with E-state index in [1.807, 2.05) is 0 Å². The highest BCUT2D eigenvalue weighted by Gasteiger charge is 2.25. The van der Waals surface area contributed by atoms with Gasteiger partial charge in [0, 0.05) is 5.02 Å². The Labute approximate surface area is 87.4 Å². The molecule has 1 aromatic carbocycles. The fourth-order valence-corrected chi connectivity index (χ4v) is 1.52. The van der Waals surface area contributed by atoms with Gasteiger partial charge in [-0.3, -0.25) is 10.1 Å². The molecule has 0 amide bonds. The number of nitro benzene ring substituents is 1. The highest BCUT2D eigenvalue weighted by atomic mass is 35.5. The van der Waals surface area contributed by atoms with E-state index >= 15 is 0 Å². The zero-order valence-electron chi connectivity index (χ0n) is 6.51. The van der Waals surface area contributed by atoms with Crippen molar-refractivity contribution in [3.63, 3.8) is 0 Å². The zero-order valence-corrected chi connectivity index (χ0v) is 8.02. The Morgan fingerprint density at radius 1 is 1.36 bits per heavy atom. The van der Waals surface area contributed by atoms with Crippen LogP contribution >= 0.6 is 23.2 Å². The van der Waals surface area contributed by atoms with Crippen molar-refractivity contribution in [1.29, 1.82) is 0 Å². The molecule has 76 valence electrons. The Morgan fingerprint density at radius 2 is 1.93 bits per heavy atom. The first-order valence-electron chi connectivity index (χ1n) is 3.35. The third-order valence-corrected chi connectivity index (χ3v) is 1.98. The van der Waals surface area contributed by atoms with Gasteiger partial charge in [-0.15, -0.1) is 0 Å². The lowest BCUT2D eigenvalue weighted by Gasteiger charge is -2.03. The molecule has 14 heavy (non-hydrogen) atoms. The molecule has 0 bridgehead atoms. The van der Waals surface area contributed by atoms with Gasteiger partial charge >= 0.3 is 0 Å². The van der Waals surface area contributed by atoms with Gasteiger partial charge in [-0.2, -0.15) is 0 Å². The van der Waals surface area contributed by atoms with Crippen LogP contribution in [0, 0.1) is 10.1 Å². The van der Waals surface area contributed by atoms with Gasteiger partial charge < -0.3 is 0 Å². The maximum atomic E-state index is 12.3. The highest BCUT2D eigenvalue weighted by Crippen LogP contribution is 2.37. The van der Waals surface area contributed by atoms with Crippen molar-refractivity contribution >= 4 is 28.9 Å². The molecule has 0 fully saturated rings. The second kappa shape index (κ2) is 4.06. The zero-order chi connectivity index (χ0) is 10.9. The largest absolute Gasteiger partial charge is 0.296 e. The maximum Gasteiger partial charge on any atom is 0.296 e. The summed E-state index contributed by atoms with van der Waals surface area (Å²) >= 11 is 10.8. The van der Waals surface area contributed by atoms with Gasteiger partial charge in [-0.25, -0.2) is 8.78 Å². The van der Waals surface area contributed by atoms with Crippen molar-refractivity contribution in [1.82, 2.24) is 0 Å². The van der Waals surface area contributed by atoms with Crippen LogP contribution in [0.5, 0.6) is 0 Å². The van der Waals surface area contributed by atoms with E-state index in [1.165, 1.54) is 0 Å². The summed E-state index contributed by atoms with van der Waals surface area (Å²) in [6.45, 7) is 0. The average Bonchev–Trinajstić information content (AvgIpc) is 2.01. The van der Waals surface area contributed by atoms with Crippen LogP contribution in [0.25, 0.3) is 0 Å². The molecular weight excluding hydrogens is 239 g/mol. The van der Waals surface area contributed by atoms with E-state index in [9.17, 15) is 18.9 Å². The van der Waals surface area contributed by atoms with Gasteiger partial charge in [-0.05, 0) is 12.1 Å². The van der Waals surface area contributed by atoms with Gasteiger partial charge in [-0.1, -0.05) is 23.2 Å². The molecule has 0 heterocycles. The minimum atomic E-state index is -2.98. The van der Waals surface area contributed by atoms with E-state index in [2.05, 4.69) is 0 Å². The summed E-state index contributed by atoms with van der Waals surface area (Å²) < 4.78 is 24.7. The summed E-state index contributed by atoms with van der Waals surface area (Å²) in [5.74, 6) is 0. The van der Waals surface area contributed by atoms with Crippen LogP contribution < -0.4 is 0 Å². The molecular formula is C7H3Cl2F2NO2. The predicted octanol–water partition coefficient (Wildman–Crippen LogP) is 3.84. The number of nitrogens with zero attached hydrogens (tertiary/aromatic N) is 1. The van der Waals surface area contributed by atoms with Crippen LogP contribution in [0.2, 0.25) is 10.0 Å². The topological polar surface area (TPSA) is 43.1 Å². The molecule has 0 atom stereocenters. The summed E-state index contributed by atoms with van der Waals surface area (Å²) in [5.41, 5.74) is -1.57. The van der Waals surface area contributed by atoms with Gasteiger partial charge in [0.1, 0.15) is 5.02 Å². The monoisotopic (exact) mass is 241 g/mol. The van der Waals surface area contributed by atoms with Crippen molar-refractivity contribution in [2.45, 2.75) is 6.43 Å². The van der Waals surface area contributed by atoms with Gasteiger partial charge in [0.05, 0.1) is 10.5 Å². The molecule has 0 saturated carbocycles. The fraction of sp³-hybridized carbons (Fsp3) is 0.143. The number of halogens is 4. The van der Waals surface area contributed by atoms with E-state index in [0.717, 1.165) is 12.1 Å². The summed E-state index contributed by atoms with van der Waals surface area (Å²) in [5, 5.41) is 9.95. The smallest absolute Gasteiger partial charge is 0.258 e. The van der Waals surface area contributed by atoms with E-state index in [-0.39, 0.29) is 5.02 Å². The predicted molar refractivity (Wildman–Crippen MR) is 48.1 cm³/mol. The van der Waals surface area contributed by atoms with Crippen LogP contribution in [0.15, 0.2) is 12.1 Å². The van der Waals surface area contributed by atoms with Crippen LogP contribution in [0.1, 0.15) is 12.0 Å². The summed E-state index contributed by atoms with van der Waals surface area (Å²) in [6.07, 6.45) is -2.98. The van der Waals surface area contributed by atoms with Crippen LogP contribution in [-0.4, -0.2) is 4.92 Å². The molecule has 0 N–H and O–H groups in total. The number of hydrogen-bond donors (Lipinski definition) is 0. The second-order valence-corrected chi connectivity index (χ2v) is 3.23. The highest BCUT2D eigenvalue weighted by molar-refractivity contribution is 6.36. The van der Waals surface area contributed by atoms with E-state index in [0.29, 0.717) is 0 Å². The Hall–Kier alpha value is -0.940. The molecule has 0 aromatic heterocycles. The molecule has 0 radical (unpaired) electrons. The first-order valence-corrected chi connectivity index (χ1v) is 4.10. The normalized spacial score (nSPS) is 10.6. The fourth-order valence-electron chi connectivity index (χ4n) is 0.945.